The van der Waals surface area contributed by atoms with Gasteiger partial charge >= 0.3 is 5.97 Å². The van der Waals surface area contributed by atoms with Crippen LogP contribution in [0.4, 0.5) is 0 Å². The van der Waals surface area contributed by atoms with Crippen molar-refractivity contribution in [3.63, 3.8) is 0 Å². The smallest absolute Gasteiger partial charge is 0.306 e. The van der Waals surface area contributed by atoms with E-state index in [1.54, 1.807) is 0 Å². The Morgan fingerprint density at radius 3 is 2.50 bits per heavy atom. The lowest BCUT2D eigenvalue weighted by atomic mass is 9.50. The van der Waals surface area contributed by atoms with Crippen LogP contribution in [0.15, 0.2) is 30.3 Å². The molecule has 3 rings (SSSR count). The zero-order chi connectivity index (χ0) is 12.6. The molecule has 0 radical (unpaired) electrons. The molecule has 0 heterocycles. The second-order valence-electron chi connectivity index (χ2n) is 5.77. The van der Waals surface area contributed by atoms with Gasteiger partial charge in [-0.1, -0.05) is 30.3 Å². The summed E-state index contributed by atoms with van der Waals surface area (Å²) in [5.41, 5.74) is 1.51. The van der Waals surface area contributed by atoms with Gasteiger partial charge in [0.15, 0.2) is 0 Å². The van der Waals surface area contributed by atoms with E-state index in [-0.39, 0.29) is 5.92 Å². The molecule has 96 valence electrons. The molecule has 3 heteroatoms. The Labute approximate surface area is 107 Å². The lowest BCUT2D eigenvalue weighted by Gasteiger charge is -2.56. The molecule has 18 heavy (non-hydrogen) atoms. The number of aliphatic carboxylic acids is 1. The van der Waals surface area contributed by atoms with Crippen LogP contribution in [-0.4, -0.2) is 17.2 Å². The fraction of sp³-hybridized carbons (Fsp3) is 0.533. The number of hydrogen-bond acceptors (Lipinski definition) is 2. The van der Waals surface area contributed by atoms with E-state index in [9.17, 15) is 4.79 Å². The average Bonchev–Trinajstić information content (AvgIpc) is 2.25. The third-order valence-electron chi connectivity index (χ3n) is 4.36. The predicted octanol–water partition coefficient (Wildman–Crippen LogP) is 2.85. The average molecular weight is 246 g/mol. The molecule has 3 nitrogen and oxygen atoms in total. The summed E-state index contributed by atoms with van der Waals surface area (Å²) in [5.74, 6) is -0.727. The van der Waals surface area contributed by atoms with Gasteiger partial charge in [0.05, 0.1) is 18.6 Å². The highest BCUT2D eigenvalue weighted by Gasteiger charge is 2.55. The van der Waals surface area contributed by atoms with Crippen LogP contribution >= 0.6 is 0 Å². The normalized spacial score (nSPS) is 33.8. The summed E-state index contributed by atoms with van der Waals surface area (Å²) in [6.45, 7) is 0.671. The van der Waals surface area contributed by atoms with E-state index in [0.29, 0.717) is 18.1 Å². The SMILES string of the molecule is O=C(O)C1CC2(CC(OCc3ccccc3)C2)C1. The van der Waals surface area contributed by atoms with E-state index in [1.165, 1.54) is 5.56 Å². The molecule has 2 fully saturated rings. The number of carboxylic acids is 1. The molecule has 2 aliphatic carbocycles. The third-order valence-corrected chi connectivity index (χ3v) is 4.36. The Hall–Kier alpha value is -1.35. The molecule has 0 aliphatic heterocycles. The molecule has 2 saturated carbocycles. The molecule has 0 amide bonds. The van der Waals surface area contributed by atoms with Crippen molar-refractivity contribution in [2.24, 2.45) is 11.3 Å². The van der Waals surface area contributed by atoms with Crippen molar-refractivity contribution >= 4 is 5.97 Å². The van der Waals surface area contributed by atoms with Crippen LogP contribution in [0.3, 0.4) is 0 Å². The highest BCUT2D eigenvalue weighted by Crippen LogP contribution is 2.59. The number of carbonyl (C=O) groups is 1. The summed E-state index contributed by atoms with van der Waals surface area (Å²) >= 11 is 0. The quantitative estimate of drug-likeness (QED) is 0.888. The van der Waals surface area contributed by atoms with Gasteiger partial charge in [0.2, 0.25) is 0 Å². The molecule has 1 aromatic carbocycles. The van der Waals surface area contributed by atoms with Crippen molar-refractivity contribution < 1.29 is 14.6 Å². The number of hydrogen-bond donors (Lipinski definition) is 1. The first kappa shape index (κ1) is 11.7. The van der Waals surface area contributed by atoms with Crippen LogP contribution in [0.5, 0.6) is 0 Å². The number of benzene rings is 1. The van der Waals surface area contributed by atoms with Crippen LogP contribution < -0.4 is 0 Å². The zero-order valence-electron chi connectivity index (χ0n) is 10.3. The predicted molar refractivity (Wildman–Crippen MR) is 67.0 cm³/mol. The molecule has 0 unspecified atom stereocenters. The maximum Gasteiger partial charge on any atom is 0.306 e. The van der Waals surface area contributed by atoms with E-state index in [1.807, 2.05) is 18.2 Å². The van der Waals surface area contributed by atoms with Crippen molar-refractivity contribution in [3.8, 4) is 0 Å². The molecule has 1 spiro atoms. The number of ether oxygens (including phenoxy) is 1. The molecule has 1 N–H and O–H groups in total. The maximum absolute atomic E-state index is 10.8. The molecule has 0 aromatic heterocycles. The number of carboxylic acid groups (broad SMARTS) is 1. The lowest BCUT2D eigenvalue weighted by molar-refractivity contribution is -0.171. The summed E-state index contributed by atoms with van der Waals surface area (Å²) in [5, 5.41) is 8.87. The Kier molecular flexibility index (Phi) is 2.86. The Morgan fingerprint density at radius 2 is 1.89 bits per heavy atom. The monoisotopic (exact) mass is 246 g/mol. The number of rotatable bonds is 4. The first-order chi connectivity index (χ1) is 8.67. The molecular weight excluding hydrogens is 228 g/mol. The minimum atomic E-state index is -0.630. The lowest BCUT2D eigenvalue weighted by Crippen LogP contribution is -2.52. The minimum absolute atomic E-state index is 0.0972. The molecule has 2 aliphatic rings. The maximum atomic E-state index is 10.8. The Balaban J connectivity index is 1.40. The van der Waals surface area contributed by atoms with Crippen LogP contribution in [-0.2, 0) is 16.1 Å². The van der Waals surface area contributed by atoms with Crippen LogP contribution in [0.2, 0.25) is 0 Å². The minimum Gasteiger partial charge on any atom is -0.481 e. The van der Waals surface area contributed by atoms with Crippen molar-refractivity contribution in [1.29, 1.82) is 0 Å². The van der Waals surface area contributed by atoms with Crippen molar-refractivity contribution in [2.75, 3.05) is 0 Å². The van der Waals surface area contributed by atoms with E-state index in [2.05, 4.69) is 12.1 Å². The summed E-state index contributed by atoms with van der Waals surface area (Å²) in [6.07, 6.45) is 4.13. The van der Waals surface area contributed by atoms with E-state index in [4.69, 9.17) is 9.84 Å². The molecule has 0 bridgehead atoms. The van der Waals surface area contributed by atoms with Crippen LogP contribution in [0, 0.1) is 11.3 Å². The van der Waals surface area contributed by atoms with Crippen molar-refractivity contribution in [2.45, 2.75) is 38.4 Å². The van der Waals surface area contributed by atoms with Crippen LogP contribution in [0.25, 0.3) is 0 Å². The zero-order valence-corrected chi connectivity index (χ0v) is 10.3. The van der Waals surface area contributed by atoms with Crippen LogP contribution in [0.1, 0.15) is 31.2 Å². The van der Waals surface area contributed by atoms with Gasteiger partial charge in [0.1, 0.15) is 0 Å². The van der Waals surface area contributed by atoms with E-state index < -0.39 is 5.97 Å². The van der Waals surface area contributed by atoms with Gasteiger partial charge in [0.25, 0.3) is 0 Å². The molecule has 0 atom stereocenters. The first-order valence-corrected chi connectivity index (χ1v) is 6.55. The van der Waals surface area contributed by atoms with E-state index >= 15 is 0 Å². The van der Waals surface area contributed by atoms with Gasteiger partial charge in [-0.15, -0.1) is 0 Å². The summed E-state index contributed by atoms with van der Waals surface area (Å²) in [4.78, 5) is 10.8. The second-order valence-corrected chi connectivity index (χ2v) is 5.77. The topological polar surface area (TPSA) is 46.5 Å². The van der Waals surface area contributed by atoms with Gasteiger partial charge < -0.3 is 9.84 Å². The summed E-state index contributed by atoms with van der Waals surface area (Å²) in [6, 6.07) is 10.2. The summed E-state index contributed by atoms with van der Waals surface area (Å²) < 4.78 is 5.84. The Morgan fingerprint density at radius 1 is 1.22 bits per heavy atom. The van der Waals surface area contributed by atoms with E-state index in [0.717, 1.165) is 25.7 Å². The van der Waals surface area contributed by atoms with Crippen molar-refractivity contribution in [3.05, 3.63) is 35.9 Å². The summed E-state index contributed by atoms with van der Waals surface area (Å²) in [7, 11) is 0. The second kappa shape index (κ2) is 4.39. The third kappa shape index (κ3) is 2.15. The van der Waals surface area contributed by atoms with Gasteiger partial charge in [-0.05, 0) is 36.7 Å². The van der Waals surface area contributed by atoms with Gasteiger partial charge in [-0.25, -0.2) is 0 Å². The Bertz CT molecular complexity index is 426. The fourth-order valence-corrected chi connectivity index (χ4v) is 3.31. The van der Waals surface area contributed by atoms with Gasteiger partial charge in [-0.3, -0.25) is 4.79 Å². The molecular formula is C15H18O3. The molecule has 1 aromatic rings. The van der Waals surface area contributed by atoms with Gasteiger partial charge in [-0.2, -0.15) is 0 Å². The highest BCUT2D eigenvalue weighted by molar-refractivity contribution is 5.71. The van der Waals surface area contributed by atoms with Crippen molar-refractivity contribution in [1.82, 2.24) is 0 Å². The largest absolute Gasteiger partial charge is 0.481 e. The fourth-order valence-electron chi connectivity index (χ4n) is 3.31. The van der Waals surface area contributed by atoms with Gasteiger partial charge in [0, 0.05) is 0 Å². The first-order valence-electron chi connectivity index (χ1n) is 6.55. The molecule has 0 saturated heterocycles. The highest BCUT2D eigenvalue weighted by atomic mass is 16.5. The standard InChI is InChI=1S/C15H18O3/c16-14(17)12-6-15(7-12)8-13(9-15)18-10-11-4-2-1-3-5-11/h1-5,12-13H,6-10H2,(H,16,17).